The van der Waals surface area contributed by atoms with E-state index in [9.17, 15) is 14.0 Å². The summed E-state index contributed by atoms with van der Waals surface area (Å²) in [5.41, 5.74) is -0.332. The number of rotatable bonds is 4. The van der Waals surface area contributed by atoms with E-state index in [1.165, 1.54) is 12.3 Å². The lowest BCUT2D eigenvalue weighted by molar-refractivity contribution is 0.0524. The summed E-state index contributed by atoms with van der Waals surface area (Å²) in [6, 6.07) is 2.36. The van der Waals surface area contributed by atoms with Gasteiger partial charge in [-0.2, -0.15) is 0 Å². The number of benzene rings is 1. The monoisotopic (exact) mass is 331 g/mol. The van der Waals surface area contributed by atoms with Gasteiger partial charge in [0.05, 0.1) is 17.1 Å². The standard InChI is InChI=1S/C14H12Cl2FNO3/c1-2-21-14(20)9-7-18(4-3-15)12-6-10(16)11(17)5-8(12)13(9)19/h5-7H,2-4H2,1H3. The largest absolute Gasteiger partial charge is 0.462 e. The Balaban J connectivity index is 2.79. The van der Waals surface area contributed by atoms with Crippen LogP contribution in [0.4, 0.5) is 4.39 Å². The van der Waals surface area contributed by atoms with Gasteiger partial charge >= 0.3 is 5.97 Å². The second-order valence-electron chi connectivity index (χ2n) is 4.26. The van der Waals surface area contributed by atoms with E-state index >= 15 is 0 Å². The lowest BCUT2D eigenvalue weighted by atomic mass is 10.1. The average molecular weight is 332 g/mol. The van der Waals surface area contributed by atoms with Gasteiger partial charge in [0, 0.05) is 24.0 Å². The van der Waals surface area contributed by atoms with Crippen LogP contribution >= 0.6 is 23.2 Å². The zero-order valence-electron chi connectivity index (χ0n) is 11.2. The number of nitrogens with zero attached hydrogens (tertiary/aromatic N) is 1. The number of alkyl halides is 1. The van der Waals surface area contributed by atoms with E-state index in [0.29, 0.717) is 12.1 Å². The van der Waals surface area contributed by atoms with Gasteiger partial charge in [-0.1, -0.05) is 11.6 Å². The highest BCUT2D eigenvalue weighted by molar-refractivity contribution is 6.31. The summed E-state index contributed by atoms with van der Waals surface area (Å²) in [5.74, 6) is -1.21. The van der Waals surface area contributed by atoms with E-state index in [1.54, 1.807) is 11.5 Å². The molecule has 0 aliphatic carbocycles. The molecule has 4 nitrogen and oxygen atoms in total. The maximum Gasteiger partial charge on any atom is 0.343 e. The first-order valence-electron chi connectivity index (χ1n) is 6.24. The van der Waals surface area contributed by atoms with Gasteiger partial charge in [-0.05, 0) is 19.1 Å². The van der Waals surface area contributed by atoms with Gasteiger partial charge in [-0.15, -0.1) is 11.6 Å². The SMILES string of the molecule is CCOC(=O)c1cn(CCCl)c2cc(Cl)c(F)cc2c1=O. The number of carbonyl (C=O) groups excluding carboxylic acids is 1. The van der Waals surface area contributed by atoms with Crippen LogP contribution in [0.15, 0.2) is 23.1 Å². The number of aromatic nitrogens is 1. The predicted octanol–water partition coefficient (Wildman–Crippen LogP) is 3.21. The van der Waals surface area contributed by atoms with Gasteiger partial charge in [0.2, 0.25) is 5.43 Å². The van der Waals surface area contributed by atoms with Crippen LogP contribution in [-0.2, 0) is 11.3 Å². The van der Waals surface area contributed by atoms with Crippen molar-refractivity contribution in [2.75, 3.05) is 12.5 Å². The number of hydrogen-bond acceptors (Lipinski definition) is 3. The summed E-state index contributed by atoms with van der Waals surface area (Å²) < 4.78 is 20.0. The van der Waals surface area contributed by atoms with E-state index in [2.05, 4.69) is 0 Å². The van der Waals surface area contributed by atoms with Crippen LogP contribution < -0.4 is 5.43 Å². The van der Waals surface area contributed by atoms with Crippen molar-refractivity contribution in [3.8, 4) is 0 Å². The molecule has 0 saturated heterocycles. The number of esters is 1. The summed E-state index contributed by atoms with van der Waals surface area (Å²) in [6.45, 7) is 2.11. The summed E-state index contributed by atoms with van der Waals surface area (Å²) in [5, 5.41) is -0.0401. The molecule has 0 aliphatic heterocycles. The molecule has 112 valence electrons. The third-order valence-electron chi connectivity index (χ3n) is 2.94. The Bertz CT molecular complexity index is 758. The van der Waals surface area contributed by atoms with Gasteiger partial charge in [0.1, 0.15) is 11.4 Å². The average Bonchev–Trinajstić information content (AvgIpc) is 2.44. The topological polar surface area (TPSA) is 48.3 Å². The molecule has 2 aromatic rings. The van der Waals surface area contributed by atoms with Crippen molar-refractivity contribution in [3.05, 3.63) is 45.0 Å². The van der Waals surface area contributed by atoms with Crippen LogP contribution in [0.1, 0.15) is 17.3 Å². The van der Waals surface area contributed by atoms with Gasteiger partial charge in [0.25, 0.3) is 0 Å². The first kappa shape index (κ1) is 15.8. The molecule has 0 atom stereocenters. The molecule has 1 heterocycles. The van der Waals surface area contributed by atoms with E-state index < -0.39 is 17.2 Å². The maximum absolute atomic E-state index is 13.6. The number of ether oxygens (including phenoxy) is 1. The van der Waals surface area contributed by atoms with E-state index in [-0.39, 0.29) is 28.5 Å². The Morgan fingerprint density at radius 2 is 2.14 bits per heavy atom. The molecule has 0 radical (unpaired) electrons. The summed E-state index contributed by atoms with van der Waals surface area (Å²) in [7, 11) is 0. The lowest BCUT2D eigenvalue weighted by Crippen LogP contribution is -2.21. The van der Waals surface area contributed by atoms with Gasteiger partial charge < -0.3 is 9.30 Å². The number of fused-ring (bicyclic) bond motifs is 1. The molecule has 0 saturated carbocycles. The zero-order valence-corrected chi connectivity index (χ0v) is 12.7. The Labute approximate surface area is 130 Å². The minimum atomic E-state index is -0.747. The van der Waals surface area contributed by atoms with E-state index in [1.807, 2.05) is 0 Å². The molecule has 0 aliphatic rings. The smallest absolute Gasteiger partial charge is 0.343 e. The van der Waals surface area contributed by atoms with Gasteiger partial charge in [-0.3, -0.25) is 4.79 Å². The van der Waals surface area contributed by atoms with Crippen LogP contribution in [0.2, 0.25) is 5.02 Å². The molecule has 21 heavy (non-hydrogen) atoms. The van der Waals surface area contributed by atoms with Crippen molar-refractivity contribution in [1.82, 2.24) is 4.57 Å². The molecule has 0 N–H and O–H groups in total. The quantitative estimate of drug-likeness (QED) is 0.638. The molecule has 0 unspecified atom stereocenters. The van der Waals surface area contributed by atoms with Crippen LogP contribution in [0.5, 0.6) is 0 Å². The first-order valence-corrected chi connectivity index (χ1v) is 7.16. The third kappa shape index (κ3) is 3.04. The zero-order chi connectivity index (χ0) is 15.6. The molecule has 2 rings (SSSR count). The molecule has 1 aromatic heterocycles. The third-order valence-corrected chi connectivity index (χ3v) is 3.40. The van der Waals surface area contributed by atoms with E-state index in [0.717, 1.165) is 6.07 Å². The second-order valence-corrected chi connectivity index (χ2v) is 5.04. The Kier molecular flexibility index (Phi) is 4.85. The second kappa shape index (κ2) is 6.45. The number of halogens is 3. The minimum absolute atomic E-state index is 0.0626. The van der Waals surface area contributed by atoms with Crippen molar-refractivity contribution < 1.29 is 13.9 Å². The van der Waals surface area contributed by atoms with Crippen molar-refractivity contribution in [2.45, 2.75) is 13.5 Å². The maximum atomic E-state index is 13.6. The van der Waals surface area contributed by atoms with Crippen LogP contribution in [0.3, 0.4) is 0 Å². The highest BCUT2D eigenvalue weighted by Gasteiger charge is 2.17. The fraction of sp³-hybridized carbons (Fsp3) is 0.286. The van der Waals surface area contributed by atoms with Gasteiger partial charge in [0.15, 0.2) is 0 Å². The van der Waals surface area contributed by atoms with Crippen molar-refractivity contribution in [2.24, 2.45) is 0 Å². The van der Waals surface area contributed by atoms with Crippen LogP contribution in [0.25, 0.3) is 10.9 Å². The van der Waals surface area contributed by atoms with Gasteiger partial charge in [-0.25, -0.2) is 9.18 Å². The molecule has 7 heteroatoms. The summed E-state index contributed by atoms with van der Waals surface area (Å²) in [6.07, 6.45) is 1.36. The Hall–Kier alpha value is -1.59. The molecular weight excluding hydrogens is 320 g/mol. The Morgan fingerprint density at radius 1 is 1.43 bits per heavy atom. The Morgan fingerprint density at radius 3 is 2.76 bits per heavy atom. The molecule has 0 bridgehead atoms. The molecule has 1 aromatic carbocycles. The summed E-state index contributed by atoms with van der Waals surface area (Å²) >= 11 is 11.5. The normalized spacial score (nSPS) is 10.9. The number of carbonyl (C=O) groups is 1. The number of pyridine rings is 1. The molecule has 0 amide bonds. The fourth-order valence-corrected chi connectivity index (χ4v) is 2.36. The first-order chi connectivity index (χ1) is 9.99. The fourth-order valence-electron chi connectivity index (χ4n) is 2.02. The lowest BCUT2D eigenvalue weighted by Gasteiger charge is -2.12. The minimum Gasteiger partial charge on any atom is -0.462 e. The van der Waals surface area contributed by atoms with Crippen LogP contribution in [0, 0.1) is 5.82 Å². The van der Waals surface area contributed by atoms with E-state index in [4.69, 9.17) is 27.9 Å². The summed E-state index contributed by atoms with van der Waals surface area (Å²) in [4.78, 5) is 24.1. The van der Waals surface area contributed by atoms with Crippen molar-refractivity contribution in [3.63, 3.8) is 0 Å². The number of aryl methyl sites for hydroxylation is 1. The predicted molar refractivity (Wildman–Crippen MR) is 79.9 cm³/mol. The van der Waals surface area contributed by atoms with Crippen molar-refractivity contribution in [1.29, 1.82) is 0 Å². The number of hydrogen-bond donors (Lipinski definition) is 0. The molecule has 0 spiro atoms. The van der Waals surface area contributed by atoms with Crippen LogP contribution in [-0.4, -0.2) is 23.0 Å². The highest BCUT2D eigenvalue weighted by Crippen LogP contribution is 2.22. The molecule has 0 fully saturated rings. The van der Waals surface area contributed by atoms with Crippen molar-refractivity contribution >= 4 is 40.1 Å². The molecular formula is C14H12Cl2FNO3. The highest BCUT2D eigenvalue weighted by atomic mass is 35.5.